The Balaban J connectivity index is 1.97. The Morgan fingerprint density at radius 1 is 1.12 bits per heavy atom. The van der Waals surface area contributed by atoms with E-state index >= 15 is 0 Å². The zero-order valence-corrected chi connectivity index (χ0v) is 16.6. The van der Waals surface area contributed by atoms with E-state index in [9.17, 15) is 8.42 Å². The smallest absolute Gasteiger partial charge is 0.244 e. The number of methoxy groups -OCH3 is 1. The third kappa shape index (κ3) is 5.62. The molecule has 0 aliphatic rings. The lowest BCUT2D eigenvalue weighted by molar-refractivity contribution is 0.314. The van der Waals surface area contributed by atoms with Crippen LogP contribution in [0.15, 0.2) is 47.4 Å². The van der Waals surface area contributed by atoms with Gasteiger partial charge in [0.25, 0.3) is 0 Å². The Morgan fingerprint density at radius 3 is 2.62 bits per heavy atom. The second kappa shape index (κ2) is 9.80. The number of halogens is 1. The molecule has 142 valence electrons. The average Bonchev–Trinajstić information content (AvgIpc) is 2.64. The molecule has 7 heteroatoms. The zero-order valence-electron chi connectivity index (χ0n) is 15.0. The van der Waals surface area contributed by atoms with Gasteiger partial charge < -0.3 is 9.47 Å². The van der Waals surface area contributed by atoms with Crippen LogP contribution in [0.1, 0.15) is 25.3 Å². The molecule has 0 radical (unpaired) electrons. The maximum absolute atomic E-state index is 12.5. The van der Waals surface area contributed by atoms with E-state index in [1.54, 1.807) is 6.07 Å². The van der Waals surface area contributed by atoms with Gasteiger partial charge in [-0.1, -0.05) is 36.7 Å². The molecule has 0 amide bonds. The van der Waals surface area contributed by atoms with E-state index in [-0.39, 0.29) is 10.6 Å². The number of para-hydroxylation sites is 1. The molecule has 0 aliphatic heterocycles. The number of sulfonamides is 1. The first-order valence-electron chi connectivity index (χ1n) is 8.52. The Bertz CT molecular complexity index is 824. The van der Waals surface area contributed by atoms with Gasteiger partial charge in [0.2, 0.25) is 10.0 Å². The summed E-state index contributed by atoms with van der Waals surface area (Å²) in [7, 11) is -2.27. The molecule has 2 rings (SSSR count). The van der Waals surface area contributed by atoms with E-state index in [0.717, 1.165) is 24.2 Å². The van der Waals surface area contributed by atoms with Crippen molar-refractivity contribution >= 4 is 21.6 Å². The SMILES string of the molecule is CCCOc1ccccc1CCCNS(=O)(=O)c1cc(Cl)ccc1OC. The van der Waals surface area contributed by atoms with Gasteiger partial charge >= 0.3 is 0 Å². The molecule has 0 heterocycles. The van der Waals surface area contributed by atoms with E-state index in [4.69, 9.17) is 21.1 Å². The molecule has 0 saturated heterocycles. The van der Waals surface area contributed by atoms with Crippen molar-refractivity contribution in [3.63, 3.8) is 0 Å². The molecule has 0 atom stereocenters. The maximum Gasteiger partial charge on any atom is 0.244 e. The fourth-order valence-corrected chi connectivity index (χ4v) is 3.99. The van der Waals surface area contributed by atoms with Gasteiger partial charge in [-0.05, 0) is 49.1 Å². The Kier molecular flexibility index (Phi) is 7.75. The van der Waals surface area contributed by atoms with Crippen LogP contribution >= 0.6 is 11.6 Å². The van der Waals surface area contributed by atoms with E-state index in [2.05, 4.69) is 11.6 Å². The molecule has 5 nitrogen and oxygen atoms in total. The second-order valence-corrected chi connectivity index (χ2v) is 7.92. The van der Waals surface area contributed by atoms with Crippen molar-refractivity contribution in [2.24, 2.45) is 0 Å². The Hall–Kier alpha value is -1.76. The van der Waals surface area contributed by atoms with E-state index in [0.29, 0.717) is 24.6 Å². The fourth-order valence-electron chi connectivity index (χ4n) is 2.49. The van der Waals surface area contributed by atoms with Gasteiger partial charge in [0.15, 0.2) is 0 Å². The summed E-state index contributed by atoms with van der Waals surface area (Å²) in [4.78, 5) is 0.0409. The number of hydrogen-bond acceptors (Lipinski definition) is 4. The van der Waals surface area contributed by atoms with Crippen LogP contribution in [0.25, 0.3) is 0 Å². The lowest BCUT2D eigenvalue weighted by atomic mass is 10.1. The van der Waals surface area contributed by atoms with Gasteiger partial charge in [-0.25, -0.2) is 13.1 Å². The van der Waals surface area contributed by atoms with Crippen molar-refractivity contribution < 1.29 is 17.9 Å². The summed E-state index contributed by atoms with van der Waals surface area (Å²) in [5.41, 5.74) is 1.07. The number of hydrogen-bond donors (Lipinski definition) is 1. The lowest BCUT2D eigenvalue weighted by Gasteiger charge is -2.12. The quantitative estimate of drug-likeness (QED) is 0.614. The van der Waals surface area contributed by atoms with Crippen molar-refractivity contribution in [1.82, 2.24) is 4.72 Å². The third-order valence-corrected chi connectivity index (χ3v) is 5.48. The normalized spacial score (nSPS) is 11.3. The van der Waals surface area contributed by atoms with Gasteiger partial charge in [-0.2, -0.15) is 0 Å². The summed E-state index contributed by atoms with van der Waals surface area (Å²) >= 11 is 5.92. The zero-order chi connectivity index (χ0) is 19.0. The number of benzene rings is 2. The largest absolute Gasteiger partial charge is 0.495 e. The predicted molar refractivity (Wildman–Crippen MR) is 104 cm³/mol. The van der Waals surface area contributed by atoms with Crippen molar-refractivity contribution in [2.75, 3.05) is 20.3 Å². The van der Waals surface area contributed by atoms with Gasteiger partial charge in [-0.3, -0.25) is 0 Å². The molecule has 0 aromatic heterocycles. The van der Waals surface area contributed by atoms with Crippen LogP contribution in [-0.4, -0.2) is 28.7 Å². The fraction of sp³-hybridized carbons (Fsp3) is 0.368. The summed E-state index contributed by atoms with van der Waals surface area (Å²) in [5, 5.41) is 0.341. The minimum absolute atomic E-state index is 0.0409. The standard InChI is InChI=1S/C19H24ClNO4S/c1-3-13-25-17-9-5-4-7-15(17)8-6-12-21-26(22,23)19-14-16(20)10-11-18(19)24-2/h4-5,7,9-11,14,21H,3,6,8,12-13H2,1-2H3. The lowest BCUT2D eigenvalue weighted by Crippen LogP contribution is -2.25. The molecule has 26 heavy (non-hydrogen) atoms. The first-order chi connectivity index (χ1) is 12.5. The topological polar surface area (TPSA) is 64.6 Å². The number of ether oxygens (including phenoxy) is 2. The minimum Gasteiger partial charge on any atom is -0.495 e. The second-order valence-electron chi connectivity index (χ2n) is 5.75. The summed E-state index contributed by atoms with van der Waals surface area (Å²) in [6.07, 6.45) is 2.30. The van der Waals surface area contributed by atoms with Crippen LogP contribution in [0.2, 0.25) is 5.02 Å². The van der Waals surface area contributed by atoms with E-state index < -0.39 is 10.0 Å². The van der Waals surface area contributed by atoms with Crippen LogP contribution in [-0.2, 0) is 16.4 Å². The van der Waals surface area contributed by atoms with Crippen molar-refractivity contribution in [2.45, 2.75) is 31.1 Å². The molecule has 0 fully saturated rings. The highest BCUT2D eigenvalue weighted by molar-refractivity contribution is 7.89. The highest BCUT2D eigenvalue weighted by atomic mass is 35.5. The molecule has 2 aromatic carbocycles. The summed E-state index contributed by atoms with van der Waals surface area (Å²) < 4.78 is 38.5. The number of aryl methyl sites for hydroxylation is 1. The molecule has 1 N–H and O–H groups in total. The molecular weight excluding hydrogens is 374 g/mol. The molecule has 0 saturated carbocycles. The van der Waals surface area contributed by atoms with Crippen molar-refractivity contribution in [3.8, 4) is 11.5 Å². The van der Waals surface area contributed by atoms with E-state index in [1.807, 2.05) is 24.3 Å². The van der Waals surface area contributed by atoms with Gasteiger partial charge in [0, 0.05) is 11.6 Å². The first kappa shape index (κ1) is 20.6. The molecule has 0 unspecified atom stereocenters. The van der Waals surface area contributed by atoms with Gasteiger partial charge in [0.05, 0.1) is 13.7 Å². The molecule has 2 aromatic rings. The summed E-state index contributed by atoms with van der Waals surface area (Å²) in [5.74, 6) is 1.12. The van der Waals surface area contributed by atoms with E-state index in [1.165, 1.54) is 19.2 Å². The third-order valence-electron chi connectivity index (χ3n) is 3.76. The minimum atomic E-state index is -3.69. The van der Waals surface area contributed by atoms with Crippen LogP contribution in [0.4, 0.5) is 0 Å². The number of nitrogens with one attached hydrogen (secondary N) is 1. The molecule has 0 spiro atoms. The Labute approximate surface area is 160 Å². The Morgan fingerprint density at radius 2 is 1.88 bits per heavy atom. The van der Waals surface area contributed by atoms with Crippen LogP contribution in [0.5, 0.6) is 11.5 Å². The molecular formula is C19H24ClNO4S. The van der Waals surface area contributed by atoms with Gasteiger partial charge in [0.1, 0.15) is 16.4 Å². The summed E-state index contributed by atoms with van der Waals surface area (Å²) in [6, 6.07) is 12.3. The van der Waals surface area contributed by atoms with Crippen LogP contribution in [0.3, 0.4) is 0 Å². The molecule has 0 bridgehead atoms. The number of rotatable bonds is 10. The highest BCUT2D eigenvalue weighted by Gasteiger charge is 2.19. The van der Waals surface area contributed by atoms with Gasteiger partial charge in [-0.15, -0.1) is 0 Å². The maximum atomic E-state index is 12.5. The molecule has 0 aliphatic carbocycles. The van der Waals surface area contributed by atoms with Crippen molar-refractivity contribution in [1.29, 1.82) is 0 Å². The highest BCUT2D eigenvalue weighted by Crippen LogP contribution is 2.27. The predicted octanol–water partition coefficient (Wildman–Crippen LogP) is 4.05. The van der Waals surface area contributed by atoms with Crippen LogP contribution < -0.4 is 14.2 Å². The van der Waals surface area contributed by atoms with Crippen LogP contribution in [0, 0.1) is 0 Å². The first-order valence-corrected chi connectivity index (χ1v) is 10.4. The monoisotopic (exact) mass is 397 g/mol. The summed E-state index contributed by atoms with van der Waals surface area (Å²) in [6.45, 7) is 3.03. The average molecular weight is 398 g/mol. The van der Waals surface area contributed by atoms with Crippen molar-refractivity contribution in [3.05, 3.63) is 53.1 Å².